The van der Waals surface area contributed by atoms with Crippen LogP contribution < -0.4 is 0 Å². The summed E-state index contributed by atoms with van der Waals surface area (Å²) in [6, 6.07) is 0. The largest absolute Gasteiger partial charge is 0.413 e. The summed E-state index contributed by atoms with van der Waals surface area (Å²) in [5.41, 5.74) is 2.28. The van der Waals surface area contributed by atoms with E-state index in [2.05, 4.69) is 47.7 Å². The Hall–Kier alpha value is -0.453. The van der Waals surface area contributed by atoms with Crippen molar-refractivity contribution in [2.45, 2.75) is 97.4 Å². The minimum atomic E-state index is -1.80. The molecule has 24 heavy (non-hydrogen) atoms. The van der Waals surface area contributed by atoms with E-state index in [0.717, 1.165) is 18.4 Å². The summed E-state index contributed by atoms with van der Waals surface area (Å²) in [5, 5.41) is 0.220. The van der Waals surface area contributed by atoms with Crippen molar-refractivity contribution < 1.29 is 9.22 Å². The number of thiophene rings is 1. The fourth-order valence-electron chi connectivity index (χ4n) is 3.71. The zero-order valence-corrected chi connectivity index (χ0v) is 18.5. The molecule has 0 aromatic carbocycles. The highest BCUT2D eigenvalue weighted by atomic mass is 32.1. The van der Waals surface area contributed by atoms with E-state index in [1.165, 1.54) is 28.2 Å². The van der Waals surface area contributed by atoms with Gasteiger partial charge in [0.2, 0.25) is 0 Å². The van der Waals surface area contributed by atoms with Crippen molar-refractivity contribution in [1.82, 2.24) is 0 Å². The molecule has 2 atom stereocenters. The molecule has 1 heterocycles. The van der Waals surface area contributed by atoms with Crippen LogP contribution in [0.25, 0.3) is 0 Å². The highest BCUT2D eigenvalue weighted by Crippen LogP contribution is 2.45. The van der Waals surface area contributed by atoms with Crippen molar-refractivity contribution in [2.75, 3.05) is 0 Å². The first-order valence-corrected chi connectivity index (χ1v) is 13.0. The van der Waals surface area contributed by atoms with Crippen molar-refractivity contribution in [1.29, 1.82) is 0 Å². The highest BCUT2D eigenvalue weighted by Gasteiger charge is 2.42. The lowest BCUT2D eigenvalue weighted by Crippen LogP contribution is -2.46. The van der Waals surface area contributed by atoms with Crippen LogP contribution in [0.15, 0.2) is 0 Å². The first kappa shape index (κ1) is 19.9. The maximum absolute atomic E-state index is 12.3. The van der Waals surface area contributed by atoms with Crippen LogP contribution in [0.5, 0.6) is 0 Å². The number of ketones is 1. The standard InChI is InChI=1S/C20H34O2SSi/c1-13(21)18-14(2)23-15(3)19(18)16-11-9-10-12-17(16)22-24(7,8)20(4,5)6/h16-17H,9-12H2,1-8H3. The SMILES string of the molecule is CC(=O)c1c(C)sc(C)c1C1CCCCC1O[Si](C)(C)C(C)(C)C. The molecule has 1 aromatic rings. The molecule has 0 N–H and O–H groups in total. The summed E-state index contributed by atoms with van der Waals surface area (Å²) in [7, 11) is -1.80. The maximum atomic E-state index is 12.3. The molecule has 1 fully saturated rings. The second kappa shape index (κ2) is 7.04. The molecule has 2 unspecified atom stereocenters. The molecule has 1 aliphatic carbocycles. The van der Waals surface area contributed by atoms with Gasteiger partial charge in [-0.05, 0) is 57.3 Å². The van der Waals surface area contributed by atoms with E-state index in [0.29, 0.717) is 5.92 Å². The Balaban J connectivity index is 2.40. The van der Waals surface area contributed by atoms with E-state index < -0.39 is 8.32 Å². The third-order valence-corrected chi connectivity index (χ3v) is 11.5. The van der Waals surface area contributed by atoms with E-state index in [-0.39, 0.29) is 16.9 Å². The van der Waals surface area contributed by atoms with Gasteiger partial charge in [-0.3, -0.25) is 4.79 Å². The molecule has 2 nitrogen and oxygen atoms in total. The van der Waals surface area contributed by atoms with Crippen molar-refractivity contribution in [3.05, 3.63) is 20.9 Å². The third-order valence-electron chi connectivity index (χ3n) is 5.98. The zero-order valence-electron chi connectivity index (χ0n) is 16.7. The molecule has 2 rings (SSSR count). The molecule has 0 saturated heterocycles. The molecular formula is C20H34O2SSi. The van der Waals surface area contributed by atoms with Gasteiger partial charge in [-0.1, -0.05) is 33.6 Å². The first-order chi connectivity index (χ1) is 11.0. The number of hydrogen-bond acceptors (Lipinski definition) is 3. The van der Waals surface area contributed by atoms with Gasteiger partial charge in [-0.15, -0.1) is 11.3 Å². The number of rotatable bonds is 4. The smallest absolute Gasteiger partial charge is 0.192 e. The normalized spacial score (nSPS) is 22.7. The summed E-state index contributed by atoms with van der Waals surface area (Å²) < 4.78 is 6.84. The van der Waals surface area contributed by atoms with Crippen molar-refractivity contribution in [3.63, 3.8) is 0 Å². The van der Waals surface area contributed by atoms with Gasteiger partial charge in [0.1, 0.15) is 0 Å². The number of carbonyl (C=O) groups is 1. The Kier molecular flexibility index (Phi) is 5.83. The number of hydrogen-bond donors (Lipinski definition) is 0. The summed E-state index contributed by atoms with van der Waals surface area (Å²) >= 11 is 1.78. The molecule has 136 valence electrons. The molecule has 1 saturated carbocycles. The molecule has 0 spiro atoms. The van der Waals surface area contributed by atoms with E-state index in [1.54, 1.807) is 18.3 Å². The van der Waals surface area contributed by atoms with Crippen LogP contribution in [-0.2, 0) is 4.43 Å². The molecule has 1 aliphatic rings. The first-order valence-electron chi connectivity index (χ1n) is 9.24. The number of carbonyl (C=O) groups excluding carboxylic acids is 1. The topological polar surface area (TPSA) is 26.3 Å². The fraction of sp³-hybridized carbons (Fsp3) is 0.750. The van der Waals surface area contributed by atoms with E-state index in [4.69, 9.17) is 4.43 Å². The summed E-state index contributed by atoms with van der Waals surface area (Å²) in [4.78, 5) is 14.8. The monoisotopic (exact) mass is 366 g/mol. The van der Waals surface area contributed by atoms with E-state index in [1.807, 2.05) is 0 Å². The van der Waals surface area contributed by atoms with E-state index >= 15 is 0 Å². The lowest BCUT2D eigenvalue weighted by atomic mass is 9.79. The summed E-state index contributed by atoms with van der Waals surface area (Å²) in [6.07, 6.45) is 5.03. The quantitative estimate of drug-likeness (QED) is 0.442. The van der Waals surface area contributed by atoms with Gasteiger partial charge in [0.25, 0.3) is 0 Å². The Morgan fingerprint density at radius 2 is 1.71 bits per heavy atom. The minimum absolute atomic E-state index is 0.212. The van der Waals surface area contributed by atoms with Gasteiger partial charge < -0.3 is 4.43 Å². The lowest BCUT2D eigenvalue weighted by molar-refractivity contribution is 0.100. The Bertz CT molecular complexity index is 610. The predicted octanol–water partition coefficient (Wildman–Crippen LogP) is 6.62. The van der Waals surface area contributed by atoms with Crippen LogP contribution >= 0.6 is 11.3 Å². The lowest BCUT2D eigenvalue weighted by Gasteiger charge is -2.43. The average Bonchev–Trinajstić information content (AvgIpc) is 2.72. The Morgan fingerprint density at radius 1 is 1.12 bits per heavy atom. The van der Waals surface area contributed by atoms with Gasteiger partial charge in [0.05, 0.1) is 6.10 Å². The van der Waals surface area contributed by atoms with Gasteiger partial charge in [0.15, 0.2) is 14.1 Å². The van der Waals surface area contributed by atoms with E-state index in [9.17, 15) is 4.79 Å². The van der Waals surface area contributed by atoms with Crippen LogP contribution in [0, 0.1) is 13.8 Å². The maximum Gasteiger partial charge on any atom is 0.192 e. The third kappa shape index (κ3) is 3.86. The van der Waals surface area contributed by atoms with Crippen molar-refractivity contribution >= 4 is 25.4 Å². The Morgan fingerprint density at radius 3 is 2.25 bits per heavy atom. The molecule has 0 aliphatic heterocycles. The average molecular weight is 367 g/mol. The predicted molar refractivity (Wildman–Crippen MR) is 107 cm³/mol. The highest BCUT2D eigenvalue weighted by molar-refractivity contribution is 7.12. The van der Waals surface area contributed by atoms with Gasteiger partial charge in [-0.25, -0.2) is 0 Å². The van der Waals surface area contributed by atoms with Crippen LogP contribution in [0.3, 0.4) is 0 Å². The summed E-state index contributed by atoms with van der Waals surface area (Å²) in [6.45, 7) is 17.6. The van der Waals surface area contributed by atoms with Gasteiger partial charge >= 0.3 is 0 Å². The molecular weight excluding hydrogens is 332 g/mol. The van der Waals surface area contributed by atoms with Crippen LogP contribution in [0.4, 0.5) is 0 Å². The minimum Gasteiger partial charge on any atom is -0.413 e. The van der Waals surface area contributed by atoms with Gasteiger partial charge in [0, 0.05) is 21.2 Å². The molecule has 0 amide bonds. The van der Waals surface area contributed by atoms with Crippen LogP contribution in [0.2, 0.25) is 18.1 Å². The van der Waals surface area contributed by atoms with Crippen molar-refractivity contribution in [3.8, 4) is 0 Å². The second-order valence-corrected chi connectivity index (χ2v) is 15.1. The Labute approximate surface area is 153 Å². The van der Waals surface area contributed by atoms with Gasteiger partial charge in [-0.2, -0.15) is 0 Å². The van der Waals surface area contributed by atoms with Crippen LogP contribution in [0.1, 0.15) is 85.0 Å². The number of aryl methyl sites for hydroxylation is 2. The zero-order chi connectivity index (χ0) is 18.3. The van der Waals surface area contributed by atoms with Crippen molar-refractivity contribution in [2.24, 2.45) is 0 Å². The number of Topliss-reactive ketones (excluding diaryl/α,β-unsaturated/α-hetero) is 1. The molecule has 0 bridgehead atoms. The summed E-state index contributed by atoms with van der Waals surface area (Å²) in [5.74, 6) is 0.597. The molecule has 0 radical (unpaired) electrons. The fourth-order valence-corrected chi connectivity index (χ4v) is 6.28. The molecule has 1 aromatic heterocycles. The molecule has 4 heteroatoms. The van der Waals surface area contributed by atoms with Crippen LogP contribution in [-0.4, -0.2) is 20.2 Å². The second-order valence-electron chi connectivity index (χ2n) is 8.87.